The largest absolute Gasteiger partial charge is 0.390 e. The Balaban J connectivity index is 1.43. The van der Waals surface area contributed by atoms with Gasteiger partial charge in [0, 0.05) is 25.7 Å². The van der Waals surface area contributed by atoms with E-state index in [0.29, 0.717) is 12.0 Å². The molecule has 0 aromatic heterocycles. The van der Waals surface area contributed by atoms with Gasteiger partial charge in [-0.15, -0.1) is 0 Å². The van der Waals surface area contributed by atoms with Crippen LogP contribution in [-0.2, 0) is 0 Å². The lowest BCUT2D eigenvalue weighted by atomic mass is 9.99. The Bertz CT molecular complexity index is 391. The van der Waals surface area contributed by atoms with Crippen molar-refractivity contribution >= 4 is 0 Å². The van der Waals surface area contributed by atoms with E-state index in [4.69, 9.17) is 0 Å². The first-order chi connectivity index (χ1) is 9.31. The van der Waals surface area contributed by atoms with Crippen LogP contribution < -0.4 is 5.32 Å². The lowest BCUT2D eigenvalue weighted by Crippen LogP contribution is -2.38. The number of nitrogens with one attached hydrogen (secondary N) is 1. The lowest BCUT2D eigenvalue weighted by molar-refractivity contribution is 0.122. The van der Waals surface area contributed by atoms with E-state index in [-0.39, 0.29) is 6.10 Å². The summed E-state index contributed by atoms with van der Waals surface area (Å²) in [6.45, 7) is 3.75. The minimum absolute atomic E-state index is 0.227. The molecule has 1 aromatic carbocycles. The van der Waals surface area contributed by atoms with Crippen molar-refractivity contribution in [3.05, 3.63) is 35.9 Å². The van der Waals surface area contributed by atoms with Gasteiger partial charge in [-0.1, -0.05) is 30.3 Å². The van der Waals surface area contributed by atoms with Crippen LogP contribution in [0.3, 0.4) is 0 Å². The molecular weight excluding hydrogens is 236 g/mol. The molecule has 3 heteroatoms. The minimum Gasteiger partial charge on any atom is -0.390 e. The molecule has 1 heterocycles. The van der Waals surface area contributed by atoms with Gasteiger partial charge in [0.1, 0.15) is 0 Å². The van der Waals surface area contributed by atoms with Gasteiger partial charge in [0.2, 0.25) is 0 Å². The molecule has 19 heavy (non-hydrogen) atoms. The van der Waals surface area contributed by atoms with E-state index >= 15 is 0 Å². The molecular formula is C16H24N2O. The normalized spacial score (nSPS) is 25.6. The topological polar surface area (TPSA) is 35.5 Å². The molecule has 1 saturated carbocycles. The average Bonchev–Trinajstić information content (AvgIpc) is 3.16. The molecule has 0 bridgehead atoms. The zero-order chi connectivity index (χ0) is 13.1. The van der Waals surface area contributed by atoms with E-state index in [0.717, 1.165) is 26.2 Å². The van der Waals surface area contributed by atoms with E-state index in [1.807, 2.05) is 0 Å². The maximum atomic E-state index is 10.0. The molecule has 104 valence electrons. The molecule has 0 spiro atoms. The third-order valence-corrected chi connectivity index (χ3v) is 4.23. The van der Waals surface area contributed by atoms with Crippen LogP contribution in [0.4, 0.5) is 0 Å². The summed E-state index contributed by atoms with van der Waals surface area (Å²) in [7, 11) is 0. The van der Waals surface area contributed by atoms with Crippen molar-refractivity contribution in [2.75, 3.05) is 26.2 Å². The van der Waals surface area contributed by atoms with Crippen molar-refractivity contribution in [1.29, 1.82) is 0 Å². The minimum atomic E-state index is -0.227. The summed E-state index contributed by atoms with van der Waals surface area (Å²) in [4.78, 5) is 2.40. The van der Waals surface area contributed by atoms with E-state index < -0.39 is 0 Å². The lowest BCUT2D eigenvalue weighted by Gasteiger charge is -2.20. The maximum absolute atomic E-state index is 10.0. The predicted molar refractivity (Wildman–Crippen MR) is 77.3 cm³/mol. The number of hydrogen-bond donors (Lipinski definition) is 2. The third kappa shape index (κ3) is 3.78. The van der Waals surface area contributed by atoms with Gasteiger partial charge in [-0.3, -0.25) is 0 Å². The fourth-order valence-corrected chi connectivity index (χ4v) is 2.95. The fraction of sp³-hybridized carbons (Fsp3) is 0.625. The molecule has 1 aromatic rings. The van der Waals surface area contributed by atoms with Crippen molar-refractivity contribution in [3.63, 3.8) is 0 Å². The summed E-state index contributed by atoms with van der Waals surface area (Å²) < 4.78 is 0. The molecule has 1 aliphatic heterocycles. The highest BCUT2D eigenvalue weighted by Gasteiger charge is 2.26. The number of hydrogen-bond acceptors (Lipinski definition) is 3. The number of rotatable bonds is 6. The zero-order valence-corrected chi connectivity index (χ0v) is 11.5. The molecule has 2 fully saturated rings. The summed E-state index contributed by atoms with van der Waals surface area (Å²) in [5, 5.41) is 13.4. The van der Waals surface area contributed by atoms with Gasteiger partial charge in [-0.25, -0.2) is 0 Å². The quantitative estimate of drug-likeness (QED) is 0.815. The van der Waals surface area contributed by atoms with E-state index in [1.54, 1.807) is 0 Å². The van der Waals surface area contributed by atoms with Gasteiger partial charge >= 0.3 is 0 Å². The van der Waals surface area contributed by atoms with Crippen molar-refractivity contribution in [1.82, 2.24) is 10.2 Å². The summed E-state index contributed by atoms with van der Waals surface area (Å²) in [5.74, 6) is 0.643. The van der Waals surface area contributed by atoms with Gasteiger partial charge in [0.05, 0.1) is 6.10 Å². The van der Waals surface area contributed by atoms with Crippen molar-refractivity contribution in [3.8, 4) is 0 Å². The second-order valence-corrected chi connectivity index (χ2v) is 5.99. The number of benzene rings is 1. The summed E-state index contributed by atoms with van der Waals surface area (Å²) in [6, 6.07) is 11.4. The van der Waals surface area contributed by atoms with Crippen LogP contribution in [0.2, 0.25) is 0 Å². The standard InChI is InChI=1S/C16H24N2O/c19-16(10-17-15-6-7-15)12-18-9-8-14(11-18)13-4-2-1-3-5-13/h1-5,14-17,19H,6-12H2. The molecule has 3 nitrogen and oxygen atoms in total. The SMILES string of the molecule is OC(CNC1CC1)CN1CCC(c2ccccc2)C1. The Labute approximate surface area is 115 Å². The van der Waals surface area contributed by atoms with Crippen molar-refractivity contribution in [2.24, 2.45) is 0 Å². The highest BCUT2D eigenvalue weighted by atomic mass is 16.3. The van der Waals surface area contributed by atoms with Crippen LogP contribution in [0.1, 0.15) is 30.7 Å². The number of aliphatic hydroxyl groups is 1. The van der Waals surface area contributed by atoms with Gasteiger partial charge in [-0.05, 0) is 37.3 Å². The fourth-order valence-electron chi connectivity index (χ4n) is 2.95. The molecule has 0 radical (unpaired) electrons. The molecule has 1 aliphatic carbocycles. The summed E-state index contributed by atoms with van der Waals surface area (Å²) >= 11 is 0. The number of nitrogens with zero attached hydrogens (tertiary/aromatic N) is 1. The molecule has 1 saturated heterocycles. The first kappa shape index (κ1) is 13.1. The molecule has 2 N–H and O–H groups in total. The smallest absolute Gasteiger partial charge is 0.0791 e. The van der Waals surface area contributed by atoms with Crippen molar-refractivity contribution < 1.29 is 5.11 Å². The second kappa shape index (κ2) is 6.04. The number of aliphatic hydroxyl groups excluding tert-OH is 1. The summed E-state index contributed by atoms with van der Waals surface area (Å²) in [5.41, 5.74) is 1.44. The van der Waals surface area contributed by atoms with Crippen LogP contribution >= 0.6 is 0 Å². The van der Waals surface area contributed by atoms with Crippen molar-refractivity contribution in [2.45, 2.75) is 37.3 Å². The molecule has 2 aliphatic rings. The van der Waals surface area contributed by atoms with Gasteiger partial charge in [0.15, 0.2) is 0 Å². The van der Waals surface area contributed by atoms with Crippen LogP contribution in [0.25, 0.3) is 0 Å². The van der Waals surface area contributed by atoms with Gasteiger partial charge in [-0.2, -0.15) is 0 Å². The zero-order valence-electron chi connectivity index (χ0n) is 11.5. The Kier molecular flexibility index (Phi) is 4.16. The van der Waals surface area contributed by atoms with E-state index in [9.17, 15) is 5.11 Å². The Hall–Kier alpha value is -0.900. The first-order valence-electron chi connectivity index (χ1n) is 7.50. The molecule has 3 rings (SSSR count). The van der Waals surface area contributed by atoms with Gasteiger partial charge in [0.25, 0.3) is 0 Å². The van der Waals surface area contributed by atoms with Gasteiger partial charge < -0.3 is 15.3 Å². The number of β-amino-alcohol motifs (C(OH)–C–C–N with tert-alkyl or cyclic N) is 1. The average molecular weight is 260 g/mol. The molecule has 2 unspecified atom stereocenters. The Morgan fingerprint density at radius 3 is 2.74 bits per heavy atom. The monoisotopic (exact) mass is 260 g/mol. The van der Waals surface area contributed by atoms with E-state index in [2.05, 4.69) is 40.5 Å². The summed E-state index contributed by atoms with van der Waals surface area (Å²) in [6.07, 6.45) is 3.56. The number of likely N-dealkylation sites (tertiary alicyclic amines) is 1. The van der Waals surface area contributed by atoms with E-state index in [1.165, 1.54) is 24.8 Å². The highest BCUT2D eigenvalue weighted by molar-refractivity contribution is 5.21. The van der Waals surface area contributed by atoms with Crippen LogP contribution in [0.5, 0.6) is 0 Å². The molecule has 2 atom stereocenters. The van der Waals surface area contributed by atoms with Crippen LogP contribution in [0.15, 0.2) is 30.3 Å². The third-order valence-electron chi connectivity index (χ3n) is 4.23. The Morgan fingerprint density at radius 1 is 1.21 bits per heavy atom. The maximum Gasteiger partial charge on any atom is 0.0791 e. The van der Waals surface area contributed by atoms with Crippen LogP contribution in [0, 0.1) is 0 Å². The second-order valence-electron chi connectivity index (χ2n) is 5.99. The molecule has 0 amide bonds. The predicted octanol–water partition coefficient (Wildman–Crippen LogP) is 1.59. The Morgan fingerprint density at radius 2 is 2.00 bits per heavy atom. The van der Waals surface area contributed by atoms with Crippen LogP contribution in [-0.4, -0.2) is 48.3 Å². The highest BCUT2D eigenvalue weighted by Crippen LogP contribution is 2.26. The first-order valence-corrected chi connectivity index (χ1v) is 7.50.